The van der Waals surface area contributed by atoms with Crippen molar-refractivity contribution in [2.24, 2.45) is 11.7 Å². The third kappa shape index (κ3) is 3.03. The van der Waals surface area contributed by atoms with E-state index in [1.165, 1.54) is 6.42 Å². The Hall–Kier alpha value is -1.23. The zero-order chi connectivity index (χ0) is 13.8. The van der Waals surface area contributed by atoms with Crippen molar-refractivity contribution in [1.82, 2.24) is 15.2 Å². The minimum Gasteiger partial charge on any atom is -0.336 e. The number of aromatic nitrogens is 3. The van der Waals surface area contributed by atoms with E-state index in [1.54, 1.807) is 0 Å². The van der Waals surface area contributed by atoms with Gasteiger partial charge in [-0.25, -0.2) is 4.98 Å². The van der Waals surface area contributed by atoms with Crippen molar-refractivity contribution >= 4 is 5.95 Å². The summed E-state index contributed by atoms with van der Waals surface area (Å²) < 4.78 is 0. The van der Waals surface area contributed by atoms with E-state index in [1.807, 2.05) is 0 Å². The summed E-state index contributed by atoms with van der Waals surface area (Å²) in [5.41, 5.74) is 7.91. The van der Waals surface area contributed by atoms with E-state index in [2.05, 4.69) is 35.9 Å². The van der Waals surface area contributed by atoms with Gasteiger partial charge in [-0.3, -0.25) is 0 Å². The highest BCUT2D eigenvalue weighted by atomic mass is 15.3. The van der Waals surface area contributed by atoms with Crippen LogP contribution in [0.5, 0.6) is 0 Å². The maximum atomic E-state index is 5.81. The molecule has 19 heavy (non-hydrogen) atoms. The molecule has 1 saturated heterocycles. The molecule has 0 aromatic carbocycles. The molecule has 1 aliphatic rings. The summed E-state index contributed by atoms with van der Waals surface area (Å²) in [6.07, 6.45) is 4.16. The predicted molar refractivity (Wildman–Crippen MR) is 77.2 cm³/mol. The SMILES string of the molecule is CCc1nnc(N2CC(CN)CCC2C)nc1CC. The first-order chi connectivity index (χ1) is 9.19. The fourth-order valence-electron chi connectivity index (χ4n) is 2.70. The highest BCUT2D eigenvalue weighted by molar-refractivity contribution is 5.33. The average molecular weight is 263 g/mol. The van der Waals surface area contributed by atoms with Crippen LogP contribution < -0.4 is 10.6 Å². The molecular formula is C14H25N5. The second-order valence-corrected chi connectivity index (χ2v) is 5.39. The maximum absolute atomic E-state index is 5.81. The molecule has 0 bridgehead atoms. The largest absolute Gasteiger partial charge is 0.336 e. The van der Waals surface area contributed by atoms with Gasteiger partial charge in [-0.1, -0.05) is 13.8 Å². The number of aryl methyl sites for hydroxylation is 2. The Bertz CT molecular complexity index is 420. The molecule has 5 nitrogen and oxygen atoms in total. The lowest BCUT2D eigenvalue weighted by Crippen LogP contribution is -2.45. The van der Waals surface area contributed by atoms with E-state index in [-0.39, 0.29) is 0 Å². The van der Waals surface area contributed by atoms with Crippen molar-refractivity contribution in [3.63, 3.8) is 0 Å². The van der Waals surface area contributed by atoms with Gasteiger partial charge >= 0.3 is 0 Å². The number of piperidine rings is 1. The van der Waals surface area contributed by atoms with Gasteiger partial charge in [0.15, 0.2) is 0 Å². The van der Waals surface area contributed by atoms with Crippen LogP contribution in [0, 0.1) is 5.92 Å². The van der Waals surface area contributed by atoms with Crippen LogP contribution in [0.25, 0.3) is 0 Å². The van der Waals surface area contributed by atoms with Crippen LogP contribution in [0.2, 0.25) is 0 Å². The topological polar surface area (TPSA) is 67.9 Å². The number of nitrogens with two attached hydrogens (primary N) is 1. The minimum atomic E-state index is 0.474. The van der Waals surface area contributed by atoms with E-state index in [9.17, 15) is 0 Å². The smallest absolute Gasteiger partial charge is 0.245 e. The van der Waals surface area contributed by atoms with Gasteiger partial charge in [-0.15, -0.1) is 5.10 Å². The molecule has 106 valence electrons. The molecule has 5 heteroatoms. The van der Waals surface area contributed by atoms with E-state index >= 15 is 0 Å². The summed E-state index contributed by atoms with van der Waals surface area (Å²) in [7, 11) is 0. The number of hydrogen-bond donors (Lipinski definition) is 1. The second-order valence-electron chi connectivity index (χ2n) is 5.39. The van der Waals surface area contributed by atoms with Crippen LogP contribution in [0.15, 0.2) is 0 Å². The van der Waals surface area contributed by atoms with Crippen molar-refractivity contribution in [3.8, 4) is 0 Å². The molecular weight excluding hydrogens is 238 g/mol. The van der Waals surface area contributed by atoms with E-state index in [0.717, 1.165) is 49.7 Å². The Morgan fingerprint density at radius 3 is 2.53 bits per heavy atom. The normalized spacial score (nSPS) is 23.7. The van der Waals surface area contributed by atoms with Crippen molar-refractivity contribution < 1.29 is 0 Å². The van der Waals surface area contributed by atoms with Gasteiger partial charge in [0.2, 0.25) is 5.95 Å². The molecule has 2 heterocycles. The molecule has 2 rings (SSSR count). The van der Waals surface area contributed by atoms with Gasteiger partial charge in [0.05, 0.1) is 11.4 Å². The summed E-state index contributed by atoms with van der Waals surface area (Å²) in [5.74, 6) is 1.33. The van der Waals surface area contributed by atoms with Gasteiger partial charge in [0, 0.05) is 12.6 Å². The van der Waals surface area contributed by atoms with Crippen molar-refractivity contribution in [1.29, 1.82) is 0 Å². The summed E-state index contributed by atoms with van der Waals surface area (Å²) in [6, 6.07) is 0.474. The highest BCUT2D eigenvalue weighted by Gasteiger charge is 2.27. The molecule has 1 aromatic heterocycles. The number of rotatable bonds is 4. The van der Waals surface area contributed by atoms with Crippen LogP contribution >= 0.6 is 0 Å². The number of anilines is 1. The standard InChI is InChI=1S/C14H25N5/c1-4-12-13(5-2)17-18-14(16-12)19-9-11(8-15)7-6-10(19)3/h10-11H,4-9,15H2,1-3H3. The fraction of sp³-hybridized carbons (Fsp3) is 0.786. The van der Waals surface area contributed by atoms with Crippen LogP contribution in [-0.4, -0.2) is 34.3 Å². The summed E-state index contributed by atoms with van der Waals surface area (Å²) in [4.78, 5) is 6.99. The molecule has 1 fully saturated rings. The maximum Gasteiger partial charge on any atom is 0.245 e. The van der Waals surface area contributed by atoms with Gasteiger partial charge in [-0.05, 0) is 45.1 Å². The molecule has 1 aromatic rings. The van der Waals surface area contributed by atoms with Crippen molar-refractivity contribution in [2.45, 2.75) is 52.5 Å². The van der Waals surface area contributed by atoms with Crippen LogP contribution in [-0.2, 0) is 12.8 Å². The Kier molecular flexibility index (Phi) is 4.69. The lowest BCUT2D eigenvalue weighted by Gasteiger charge is -2.37. The zero-order valence-corrected chi connectivity index (χ0v) is 12.3. The first kappa shape index (κ1) is 14.2. The van der Waals surface area contributed by atoms with Crippen LogP contribution in [0.1, 0.15) is 45.0 Å². The van der Waals surface area contributed by atoms with Gasteiger partial charge in [0.25, 0.3) is 0 Å². The van der Waals surface area contributed by atoms with Gasteiger partial charge in [-0.2, -0.15) is 5.10 Å². The lowest BCUT2D eigenvalue weighted by atomic mass is 9.94. The molecule has 2 unspecified atom stereocenters. The first-order valence-electron chi connectivity index (χ1n) is 7.38. The Labute approximate surface area is 115 Å². The van der Waals surface area contributed by atoms with Crippen LogP contribution in [0.4, 0.5) is 5.95 Å². The molecule has 0 saturated carbocycles. The van der Waals surface area contributed by atoms with E-state index in [4.69, 9.17) is 10.7 Å². The second kappa shape index (κ2) is 6.28. The third-order valence-electron chi connectivity index (χ3n) is 4.07. The lowest BCUT2D eigenvalue weighted by molar-refractivity contribution is 0.368. The van der Waals surface area contributed by atoms with Crippen molar-refractivity contribution in [3.05, 3.63) is 11.4 Å². The zero-order valence-electron chi connectivity index (χ0n) is 12.3. The monoisotopic (exact) mass is 263 g/mol. The molecule has 0 radical (unpaired) electrons. The minimum absolute atomic E-state index is 0.474. The third-order valence-corrected chi connectivity index (χ3v) is 4.07. The van der Waals surface area contributed by atoms with E-state index < -0.39 is 0 Å². The Morgan fingerprint density at radius 2 is 1.89 bits per heavy atom. The highest BCUT2D eigenvalue weighted by Crippen LogP contribution is 2.24. The molecule has 2 atom stereocenters. The van der Waals surface area contributed by atoms with Crippen molar-refractivity contribution in [2.75, 3.05) is 18.0 Å². The molecule has 0 spiro atoms. The number of nitrogens with zero attached hydrogens (tertiary/aromatic N) is 4. The number of hydrogen-bond acceptors (Lipinski definition) is 5. The summed E-state index contributed by atoms with van der Waals surface area (Å²) in [6.45, 7) is 8.14. The van der Waals surface area contributed by atoms with Gasteiger partial charge < -0.3 is 10.6 Å². The predicted octanol–water partition coefficient (Wildman–Crippen LogP) is 1.56. The molecule has 1 aliphatic heterocycles. The average Bonchev–Trinajstić information content (AvgIpc) is 2.47. The first-order valence-corrected chi connectivity index (χ1v) is 7.38. The van der Waals surface area contributed by atoms with Crippen LogP contribution in [0.3, 0.4) is 0 Å². The Balaban J connectivity index is 2.24. The van der Waals surface area contributed by atoms with E-state index in [0.29, 0.717) is 12.0 Å². The summed E-state index contributed by atoms with van der Waals surface area (Å²) in [5, 5.41) is 8.67. The molecule has 2 N–H and O–H groups in total. The summed E-state index contributed by atoms with van der Waals surface area (Å²) >= 11 is 0. The fourth-order valence-corrected chi connectivity index (χ4v) is 2.70. The van der Waals surface area contributed by atoms with Gasteiger partial charge in [0.1, 0.15) is 0 Å². The molecule has 0 amide bonds. The quantitative estimate of drug-likeness (QED) is 0.893. The Morgan fingerprint density at radius 1 is 1.16 bits per heavy atom. The molecule has 0 aliphatic carbocycles.